The summed E-state index contributed by atoms with van der Waals surface area (Å²) in [6.07, 6.45) is 2.06. The number of carbonyl (C=O) groups is 2. The zero-order valence-corrected chi connectivity index (χ0v) is 16.9. The molecule has 0 saturated carbocycles. The molecule has 150 valence electrons. The van der Waals surface area contributed by atoms with Crippen molar-refractivity contribution in [2.75, 3.05) is 20.6 Å². The summed E-state index contributed by atoms with van der Waals surface area (Å²) < 4.78 is 1.96. The van der Waals surface area contributed by atoms with Gasteiger partial charge in [0, 0.05) is 33.6 Å². The lowest BCUT2D eigenvalue weighted by Gasteiger charge is -2.23. The van der Waals surface area contributed by atoms with Crippen molar-refractivity contribution in [2.24, 2.45) is 0 Å². The normalized spacial score (nSPS) is 13.6. The van der Waals surface area contributed by atoms with Crippen LogP contribution in [-0.4, -0.2) is 52.2 Å². The van der Waals surface area contributed by atoms with E-state index in [-0.39, 0.29) is 11.9 Å². The highest BCUT2D eigenvalue weighted by Crippen LogP contribution is 2.15. The molecule has 7 heteroatoms. The second-order valence-electron chi connectivity index (χ2n) is 7.56. The molecule has 0 radical (unpaired) electrons. The molecule has 1 aromatic carbocycles. The first kappa shape index (κ1) is 19.9. The molecule has 3 rings (SSSR count). The van der Waals surface area contributed by atoms with E-state index in [4.69, 9.17) is 0 Å². The van der Waals surface area contributed by atoms with Gasteiger partial charge in [-0.2, -0.15) is 5.10 Å². The van der Waals surface area contributed by atoms with Crippen LogP contribution in [0.15, 0.2) is 30.3 Å². The van der Waals surface area contributed by atoms with Crippen LogP contribution < -0.4 is 5.32 Å². The smallest absolute Gasteiger partial charge is 0.319 e. The summed E-state index contributed by atoms with van der Waals surface area (Å²) in [6.45, 7) is 4.53. The van der Waals surface area contributed by atoms with Gasteiger partial charge in [0.2, 0.25) is 5.91 Å². The molecule has 28 heavy (non-hydrogen) atoms. The number of urea groups is 1. The van der Waals surface area contributed by atoms with Crippen molar-refractivity contribution < 1.29 is 9.59 Å². The van der Waals surface area contributed by atoms with Crippen molar-refractivity contribution in [1.82, 2.24) is 24.9 Å². The molecule has 7 nitrogen and oxygen atoms in total. The summed E-state index contributed by atoms with van der Waals surface area (Å²) in [5, 5.41) is 7.55. The lowest BCUT2D eigenvalue weighted by molar-refractivity contribution is -0.121. The van der Waals surface area contributed by atoms with Gasteiger partial charge in [0.05, 0.1) is 24.5 Å². The van der Waals surface area contributed by atoms with Crippen LogP contribution in [0.5, 0.6) is 0 Å². The van der Waals surface area contributed by atoms with Crippen LogP contribution in [0.1, 0.15) is 35.4 Å². The Balaban J connectivity index is 1.52. The fraction of sp³-hybridized carbons (Fsp3) is 0.476. The lowest BCUT2D eigenvalue weighted by Crippen LogP contribution is -2.38. The van der Waals surface area contributed by atoms with E-state index in [0.29, 0.717) is 19.5 Å². The van der Waals surface area contributed by atoms with Crippen molar-refractivity contribution in [1.29, 1.82) is 0 Å². The number of rotatable bonds is 5. The molecule has 0 fully saturated rings. The maximum atomic E-state index is 12.3. The Hall–Kier alpha value is -2.83. The Morgan fingerprint density at radius 1 is 1.18 bits per heavy atom. The fourth-order valence-electron chi connectivity index (χ4n) is 3.34. The maximum Gasteiger partial charge on any atom is 0.319 e. The maximum absolute atomic E-state index is 12.3. The largest absolute Gasteiger partial charge is 0.350 e. The van der Waals surface area contributed by atoms with Gasteiger partial charge in [-0.25, -0.2) is 4.79 Å². The molecule has 0 atom stereocenters. The molecule has 1 N–H and O–H groups in total. The van der Waals surface area contributed by atoms with Gasteiger partial charge in [0.25, 0.3) is 0 Å². The Morgan fingerprint density at radius 3 is 2.64 bits per heavy atom. The van der Waals surface area contributed by atoms with E-state index in [2.05, 4.69) is 41.6 Å². The van der Waals surface area contributed by atoms with Crippen LogP contribution in [0, 0.1) is 6.92 Å². The molecule has 0 unspecified atom stereocenters. The molecular weight excluding hydrogens is 354 g/mol. The number of amides is 3. The van der Waals surface area contributed by atoms with Gasteiger partial charge >= 0.3 is 6.03 Å². The van der Waals surface area contributed by atoms with E-state index in [1.165, 1.54) is 11.1 Å². The van der Waals surface area contributed by atoms with Gasteiger partial charge in [-0.1, -0.05) is 29.8 Å². The first-order valence-corrected chi connectivity index (χ1v) is 9.76. The number of nitrogens with zero attached hydrogens (tertiary/aromatic N) is 4. The minimum absolute atomic E-state index is 0.0145. The zero-order valence-electron chi connectivity index (χ0n) is 16.9. The number of aromatic nitrogens is 2. The van der Waals surface area contributed by atoms with Crippen molar-refractivity contribution in [2.45, 2.75) is 45.8 Å². The SMILES string of the molecule is Cc1ccc(CCC(=O)NCc2cc3n(n2)CCCN(C(=O)N(C)C)C3)cc1. The molecule has 0 bridgehead atoms. The van der Waals surface area contributed by atoms with E-state index >= 15 is 0 Å². The van der Waals surface area contributed by atoms with Gasteiger partial charge in [-0.05, 0) is 31.4 Å². The Bertz CT molecular complexity index is 826. The summed E-state index contributed by atoms with van der Waals surface area (Å²) >= 11 is 0. The number of benzene rings is 1. The number of hydrogen-bond donors (Lipinski definition) is 1. The van der Waals surface area contributed by atoms with Gasteiger partial charge in [0.1, 0.15) is 0 Å². The molecule has 3 amide bonds. The monoisotopic (exact) mass is 383 g/mol. The van der Waals surface area contributed by atoms with E-state index in [1.54, 1.807) is 19.0 Å². The topological polar surface area (TPSA) is 70.5 Å². The Labute approximate surface area is 166 Å². The van der Waals surface area contributed by atoms with Crippen LogP contribution in [0.3, 0.4) is 0 Å². The Morgan fingerprint density at radius 2 is 1.93 bits per heavy atom. The zero-order chi connectivity index (χ0) is 20.1. The highest BCUT2D eigenvalue weighted by molar-refractivity contribution is 5.76. The molecule has 1 aromatic heterocycles. The molecule has 2 aromatic rings. The number of fused-ring (bicyclic) bond motifs is 1. The van der Waals surface area contributed by atoms with Crippen molar-refractivity contribution in [3.63, 3.8) is 0 Å². The first-order chi connectivity index (χ1) is 13.4. The molecule has 0 spiro atoms. The summed E-state index contributed by atoms with van der Waals surface area (Å²) in [4.78, 5) is 27.9. The van der Waals surface area contributed by atoms with Crippen molar-refractivity contribution in [3.8, 4) is 0 Å². The van der Waals surface area contributed by atoms with Gasteiger partial charge in [-0.3, -0.25) is 9.48 Å². The molecular formula is C21H29N5O2. The van der Waals surface area contributed by atoms with E-state index in [9.17, 15) is 9.59 Å². The number of nitrogens with one attached hydrogen (secondary N) is 1. The molecule has 1 aliphatic heterocycles. The lowest BCUT2D eigenvalue weighted by atomic mass is 10.1. The molecule has 2 heterocycles. The van der Waals surface area contributed by atoms with Crippen LogP contribution in [-0.2, 0) is 30.8 Å². The minimum Gasteiger partial charge on any atom is -0.350 e. The van der Waals surface area contributed by atoms with Crippen LogP contribution in [0.25, 0.3) is 0 Å². The molecule has 0 saturated heterocycles. The van der Waals surface area contributed by atoms with Gasteiger partial charge in [-0.15, -0.1) is 0 Å². The van der Waals surface area contributed by atoms with Crippen molar-refractivity contribution in [3.05, 3.63) is 52.8 Å². The summed E-state index contributed by atoms with van der Waals surface area (Å²) in [6, 6.07) is 10.3. The van der Waals surface area contributed by atoms with Crippen LogP contribution in [0.4, 0.5) is 4.79 Å². The molecule has 0 aliphatic carbocycles. The van der Waals surface area contributed by atoms with Crippen LogP contribution >= 0.6 is 0 Å². The first-order valence-electron chi connectivity index (χ1n) is 9.76. The predicted molar refractivity (Wildman–Crippen MR) is 108 cm³/mol. The minimum atomic E-state index is 0.0145. The second kappa shape index (κ2) is 8.91. The number of hydrogen-bond acceptors (Lipinski definition) is 3. The van der Waals surface area contributed by atoms with E-state index < -0.39 is 0 Å². The number of aryl methyl sites for hydroxylation is 3. The van der Waals surface area contributed by atoms with Gasteiger partial charge < -0.3 is 15.1 Å². The average molecular weight is 383 g/mol. The Kier molecular flexibility index (Phi) is 6.34. The van der Waals surface area contributed by atoms with Gasteiger partial charge in [0.15, 0.2) is 0 Å². The third-order valence-corrected chi connectivity index (χ3v) is 4.95. The fourth-order valence-corrected chi connectivity index (χ4v) is 3.34. The van der Waals surface area contributed by atoms with E-state index in [0.717, 1.165) is 37.3 Å². The highest BCUT2D eigenvalue weighted by Gasteiger charge is 2.21. The summed E-state index contributed by atoms with van der Waals surface area (Å²) in [5.74, 6) is 0.0215. The average Bonchev–Trinajstić information content (AvgIpc) is 2.95. The predicted octanol–water partition coefficient (Wildman–Crippen LogP) is 2.33. The molecule has 1 aliphatic rings. The third kappa shape index (κ3) is 5.12. The highest BCUT2D eigenvalue weighted by atomic mass is 16.2. The third-order valence-electron chi connectivity index (χ3n) is 4.95. The second-order valence-corrected chi connectivity index (χ2v) is 7.56. The quantitative estimate of drug-likeness (QED) is 0.861. The standard InChI is InChI=1S/C21H29N5O2/c1-16-5-7-17(8-6-16)9-10-20(27)22-14-18-13-19-15-25(21(28)24(2)3)11-4-12-26(19)23-18/h5-8,13H,4,9-12,14-15H2,1-3H3,(H,22,27). The number of carbonyl (C=O) groups excluding carboxylic acids is 2. The van der Waals surface area contributed by atoms with Crippen molar-refractivity contribution >= 4 is 11.9 Å². The van der Waals surface area contributed by atoms with Crippen LogP contribution in [0.2, 0.25) is 0 Å². The van der Waals surface area contributed by atoms with E-state index in [1.807, 2.05) is 15.6 Å². The summed E-state index contributed by atoms with van der Waals surface area (Å²) in [5.41, 5.74) is 4.23. The summed E-state index contributed by atoms with van der Waals surface area (Å²) in [7, 11) is 3.53.